The fraction of sp³-hybridized carbons (Fsp3) is 0.0952. The van der Waals surface area contributed by atoms with Crippen LogP contribution in [0.5, 0.6) is 0 Å². The molecule has 0 saturated heterocycles. The van der Waals surface area contributed by atoms with E-state index in [1.807, 2.05) is 60.7 Å². The van der Waals surface area contributed by atoms with Gasteiger partial charge in [0.1, 0.15) is 0 Å². The van der Waals surface area contributed by atoms with Crippen LogP contribution in [0.15, 0.2) is 78.9 Å². The van der Waals surface area contributed by atoms with Crippen molar-refractivity contribution in [3.63, 3.8) is 0 Å². The van der Waals surface area contributed by atoms with Crippen molar-refractivity contribution >= 4 is 11.6 Å². The van der Waals surface area contributed by atoms with Gasteiger partial charge in [-0.25, -0.2) is 8.78 Å². The number of rotatable bonds is 6. The van der Waals surface area contributed by atoms with E-state index >= 15 is 0 Å². The normalized spacial score (nSPS) is 10.7. The first-order valence-corrected chi connectivity index (χ1v) is 8.21. The third kappa shape index (κ3) is 4.52. The topological polar surface area (TPSA) is 41.1 Å². The Morgan fingerprint density at radius 3 is 1.92 bits per heavy atom. The van der Waals surface area contributed by atoms with Gasteiger partial charge >= 0.3 is 0 Å². The van der Waals surface area contributed by atoms with E-state index in [-0.39, 0.29) is 24.2 Å². The predicted molar refractivity (Wildman–Crippen MR) is 97.7 cm³/mol. The molecule has 0 atom stereocenters. The first kappa shape index (κ1) is 17.8. The van der Waals surface area contributed by atoms with Crippen LogP contribution >= 0.6 is 0 Å². The Bertz CT molecular complexity index is 830. The van der Waals surface area contributed by atoms with Crippen LogP contribution < -0.4 is 10.6 Å². The van der Waals surface area contributed by atoms with Crippen molar-refractivity contribution in [3.8, 4) is 0 Å². The van der Waals surface area contributed by atoms with Crippen LogP contribution in [0.4, 0.5) is 14.5 Å². The van der Waals surface area contributed by atoms with Crippen LogP contribution in [-0.4, -0.2) is 12.5 Å². The molecule has 0 bridgehead atoms. The van der Waals surface area contributed by atoms with Gasteiger partial charge in [-0.15, -0.1) is 0 Å². The second-order valence-corrected chi connectivity index (χ2v) is 5.81. The molecule has 5 heteroatoms. The highest BCUT2D eigenvalue weighted by atomic mass is 19.2. The second kappa shape index (κ2) is 8.36. The van der Waals surface area contributed by atoms with Crippen molar-refractivity contribution < 1.29 is 13.6 Å². The Morgan fingerprint density at radius 1 is 0.808 bits per heavy atom. The minimum absolute atomic E-state index is 0.0213. The lowest BCUT2D eigenvalue weighted by Gasteiger charge is -2.19. The first-order chi connectivity index (χ1) is 12.6. The van der Waals surface area contributed by atoms with Gasteiger partial charge in [0.2, 0.25) is 5.91 Å². The molecule has 0 aliphatic heterocycles. The van der Waals surface area contributed by atoms with E-state index in [9.17, 15) is 13.6 Å². The smallest absolute Gasteiger partial charge is 0.238 e. The maximum absolute atomic E-state index is 13.2. The van der Waals surface area contributed by atoms with Gasteiger partial charge in [0, 0.05) is 11.8 Å². The largest absolute Gasteiger partial charge is 0.325 e. The summed E-state index contributed by atoms with van der Waals surface area (Å²) < 4.78 is 26.2. The molecule has 0 unspecified atom stereocenters. The number of benzene rings is 3. The zero-order chi connectivity index (χ0) is 18.4. The van der Waals surface area contributed by atoms with Crippen molar-refractivity contribution in [3.05, 3.63) is 102 Å². The van der Waals surface area contributed by atoms with E-state index in [1.165, 1.54) is 6.07 Å². The van der Waals surface area contributed by atoms with E-state index < -0.39 is 11.6 Å². The number of nitrogens with one attached hydrogen (secondary N) is 2. The summed E-state index contributed by atoms with van der Waals surface area (Å²) in [6.07, 6.45) is 0. The maximum Gasteiger partial charge on any atom is 0.238 e. The summed E-state index contributed by atoms with van der Waals surface area (Å²) in [5.41, 5.74) is 2.27. The van der Waals surface area contributed by atoms with Crippen molar-refractivity contribution in [2.24, 2.45) is 0 Å². The van der Waals surface area contributed by atoms with Gasteiger partial charge in [0.25, 0.3) is 0 Å². The number of amides is 1. The summed E-state index contributed by atoms with van der Waals surface area (Å²) in [5, 5.41) is 5.78. The number of halogens is 2. The highest BCUT2D eigenvalue weighted by Gasteiger charge is 2.15. The molecular weight excluding hydrogens is 334 g/mol. The van der Waals surface area contributed by atoms with Crippen LogP contribution in [0.2, 0.25) is 0 Å². The van der Waals surface area contributed by atoms with Gasteiger partial charge in [-0.05, 0) is 23.3 Å². The van der Waals surface area contributed by atoms with Gasteiger partial charge in [-0.2, -0.15) is 0 Å². The quantitative estimate of drug-likeness (QED) is 0.695. The molecule has 0 spiro atoms. The molecule has 0 aliphatic carbocycles. The molecule has 3 rings (SSSR count). The molecule has 0 aromatic heterocycles. The van der Waals surface area contributed by atoms with Crippen LogP contribution in [0, 0.1) is 11.6 Å². The van der Waals surface area contributed by atoms with Gasteiger partial charge in [-0.3, -0.25) is 10.1 Å². The second-order valence-electron chi connectivity index (χ2n) is 5.81. The predicted octanol–water partition coefficient (Wildman–Crippen LogP) is 4.28. The molecule has 0 fully saturated rings. The van der Waals surface area contributed by atoms with Crippen LogP contribution in [0.3, 0.4) is 0 Å². The zero-order valence-corrected chi connectivity index (χ0v) is 14.0. The highest BCUT2D eigenvalue weighted by Crippen LogP contribution is 2.21. The Hall–Kier alpha value is -3.05. The van der Waals surface area contributed by atoms with Crippen molar-refractivity contribution in [1.29, 1.82) is 0 Å². The van der Waals surface area contributed by atoms with Crippen molar-refractivity contribution in [2.45, 2.75) is 6.04 Å². The Balaban J connectivity index is 1.69. The lowest BCUT2D eigenvalue weighted by atomic mass is 9.99. The summed E-state index contributed by atoms with van der Waals surface area (Å²) in [4.78, 5) is 12.2. The minimum atomic E-state index is -0.998. The summed E-state index contributed by atoms with van der Waals surface area (Å²) in [6.45, 7) is 0.0213. The molecule has 0 saturated carbocycles. The third-order valence-corrected chi connectivity index (χ3v) is 3.94. The molecule has 3 aromatic carbocycles. The molecule has 0 heterocycles. The van der Waals surface area contributed by atoms with E-state index in [1.54, 1.807) is 0 Å². The molecule has 0 aliphatic rings. The standard InChI is InChI=1S/C21H18F2N2O/c22-18-12-11-17(13-19(18)23)25-20(26)14-24-21(15-7-3-1-4-8-15)16-9-5-2-6-10-16/h1-13,21,24H,14H2,(H,25,26). The Labute approximate surface area is 150 Å². The van der Waals surface area contributed by atoms with E-state index in [4.69, 9.17) is 0 Å². The van der Waals surface area contributed by atoms with Crippen LogP contribution in [-0.2, 0) is 4.79 Å². The molecule has 2 N–H and O–H groups in total. The average molecular weight is 352 g/mol. The summed E-state index contributed by atoms with van der Waals surface area (Å²) in [7, 11) is 0. The van der Waals surface area contributed by atoms with Gasteiger partial charge in [0.15, 0.2) is 11.6 Å². The number of carbonyl (C=O) groups is 1. The van der Waals surface area contributed by atoms with E-state index in [0.29, 0.717) is 0 Å². The number of hydrogen-bond acceptors (Lipinski definition) is 2. The van der Waals surface area contributed by atoms with Crippen LogP contribution in [0.1, 0.15) is 17.2 Å². The molecule has 1 amide bonds. The summed E-state index contributed by atoms with van der Waals surface area (Å²) in [6, 6.07) is 22.7. The number of carbonyl (C=O) groups excluding carboxylic acids is 1. The lowest BCUT2D eigenvalue weighted by Crippen LogP contribution is -2.31. The molecule has 3 nitrogen and oxygen atoms in total. The summed E-state index contributed by atoms with van der Waals surface area (Å²) in [5.74, 6) is -2.29. The lowest BCUT2D eigenvalue weighted by molar-refractivity contribution is -0.115. The van der Waals surface area contributed by atoms with Crippen molar-refractivity contribution in [1.82, 2.24) is 5.32 Å². The molecule has 26 heavy (non-hydrogen) atoms. The fourth-order valence-electron chi connectivity index (χ4n) is 2.69. The monoisotopic (exact) mass is 352 g/mol. The van der Waals surface area contributed by atoms with Crippen LogP contribution in [0.25, 0.3) is 0 Å². The molecular formula is C21H18F2N2O. The highest BCUT2D eigenvalue weighted by molar-refractivity contribution is 5.92. The van der Waals surface area contributed by atoms with Gasteiger partial charge in [-0.1, -0.05) is 60.7 Å². The zero-order valence-electron chi connectivity index (χ0n) is 14.0. The molecule has 132 valence electrons. The Kier molecular flexibility index (Phi) is 5.71. The van der Waals surface area contributed by atoms with E-state index in [2.05, 4.69) is 10.6 Å². The fourth-order valence-corrected chi connectivity index (χ4v) is 2.69. The van der Waals surface area contributed by atoms with Gasteiger partial charge in [0.05, 0.1) is 12.6 Å². The molecule has 0 radical (unpaired) electrons. The third-order valence-electron chi connectivity index (χ3n) is 3.94. The minimum Gasteiger partial charge on any atom is -0.325 e. The van der Waals surface area contributed by atoms with Gasteiger partial charge < -0.3 is 5.32 Å². The van der Waals surface area contributed by atoms with Crippen molar-refractivity contribution in [2.75, 3.05) is 11.9 Å². The summed E-state index contributed by atoms with van der Waals surface area (Å²) >= 11 is 0. The number of anilines is 1. The first-order valence-electron chi connectivity index (χ1n) is 8.21. The molecule has 3 aromatic rings. The van der Waals surface area contributed by atoms with E-state index in [0.717, 1.165) is 23.3 Å². The average Bonchev–Trinajstić information content (AvgIpc) is 2.67. The SMILES string of the molecule is O=C(CNC(c1ccccc1)c1ccccc1)Nc1ccc(F)c(F)c1. The Morgan fingerprint density at radius 2 is 1.38 bits per heavy atom. The maximum atomic E-state index is 13.2. The number of hydrogen-bond donors (Lipinski definition) is 2.